The topological polar surface area (TPSA) is 72.0 Å². The minimum atomic E-state index is -4.99. The highest BCUT2D eigenvalue weighted by Gasteiger charge is 2.34. The highest BCUT2D eigenvalue weighted by Crippen LogP contribution is 2.32. The molecule has 0 aliphatic heterocycles. The number of amides is 1. The maximum absolute atomic E-state index is 14.4. The van der Waals surface area contributed by atoms with Crippen molar-refractivity contribution in [2.45, 2.75) is 6.18 Å². The van der Waals surface area contributed by atoms with Crippen LogP contribution in [0.3, 0.4) is 0 Å². The largest absolute Gasteiger partial charge is 0.419 e. The third-order valence-electron chi connectivity index (χ3n) is 4.73. The van der Waals surface area contributed by atoms with E-state index in [0.29, 0.717) is 23.2 Å². The van der Waals surface area contributed by atoms with E-state index in [9.17, 15) is 31.5 Å². The lowest BCUT2D eigenvalue weighted by Crippen LogP contribution is -2.16. The van der Waals surface area contributed by atoms with Gasteiger partial charge in [0.2, 0.25) is 0 Å². The van der Waals surface area contributed by atoms with Crippen LogP contribution < -0.4 is 5.32 Å². The maximum Gasteiger partial charge on any atom is 0.419 e. The molecule has 0 spiro atoms. The molecule has 4 rings (SSSR count). The zero-order valence-corrected chi connectivity index (χ0v) is 16.5. The fraction of sp³-hybridized carbons (Fsp3) is 0.0435. The molecule has 0 saturated carbocycles. The van der Waals surface area contributed by atoms with Gasteiger partial charge in [-0.15, -0.1) is 0 Å². The third-order valence-corrected chi connectivity index (χ3v) is 4.73. The zero-order chi connectivity index (χ0) is 23.8. The van der Waals surface area contributed by atoms with Crippen molar-refractivity contribution in [1.29, 1.82) is 0 Å². The van der Waals surface area contributed by atoms with Gasteiger partial charge in [0.15, 0.2) is 5.78 Å². The van der Waals surface area contributed by atoms with Crippen LogP contribution in [0.4, 0.5) is 27.6 Å². The third kappa shape index (κ3) is 4.54. The zero-order valence-electron chi connectivity index (χ0n) is 16.5. The molecule has 1 amide bonds. The quantitative estimate of drug-likeness (QED) is 0.329. The molecule has 0 fully saturated rings. The van der Waals surface area contributed by atoms with Crippen LogP contribution >= 0.6 is 0 Å². The van der Waals surface area contributed by atoms with Crippen molar-refractivity contribution in [1.82, 2.24) is 9.97 Å². The molecule has 1 N–H and O–H groups in total. The summed E-state index contributed by atoms with van der Waals surface area (Å²) in [5.41, 5.74) is -1.38. The lowest BCUT2D eigenvalue weighted by atomic mass is 10.0. The number of carbonyl (C=O) groups excluding carboxylic acids is 2. The van der Waals surface area contributed by atoms with E-state index in [4.69, 9.17) is 0 Å². The van der Waals surface area contributed by atoms with E-state index in [1.807, 2.05) is 0 Å². The Morgan fingerprint density at radius 1 is 0.758 bits per heavy atom. The number of ketones is 1. The molecule has 0 aliphatic rings. The summed E-state index contributed by atoms with van der Waals surface area (Å²) in [6, 6.07) is 9.35. The number of nitrogens with one attached hydrogen (secondary N) is 1. The molecule has 0 saturated heterocycles. The number of hydrogen-bond donors (Lipinski definition) is 1. The van der Waals surface area contributed by atoms with Crippen molar-refractivity contribution in [3.05, 3.63) is 101 Å². The van der Waals surface area contributed by atoms with Gasteiger partial charge in [-0.2, -0.15) is 13.2 Å². The van der Waals surface area contributed by atoms with Crippen molar-refractivity contribution >= 4 is 28.4 Å². The monoisotopic (exact) mass is 457 g/mol. The van der Waals surface area contributed by atoms with Crippen molar-refractivity contribution in [3.8, 4) is 0 Å². The lowest BCUT2D eigenvalue weighted by molar-refractivity contribution is -0.140. The minimum absolute atomic E-state index is 0.0387. The molecule has 0 bridgehead atoms. The van der Waals surface area contributed by atoms with Gasteiger partial charge in [0.1, 0.15) is 11.6 Å². The Bertz CT molecular complexity index is 1400. The van der Waals surface area contributed by atoms with Gasteiger partial charge >= 0.3 is 6.18 Å². The number of rotatable bonds is 4. The van der Waals surface area contributed by atoms with Gasteiger partial charge in [0.25, 0.3) is 5.91 Å². The summed E-state index contributed by atoms with van der Waals surface area (Å²) >= 11 is 0. The van der Waals surface area contributed by atoms with Crippen LogP contribution in [0.5, 0.6) is 0 Å². The van der Waals surface area contributed by atoms with Crippen LogP contribution in [0.2, 0.25) is 0 Å². The Kier molecular flexibility index (Phi) is 5.59. The first-order valence-electron chi connectivity index (χ1n) is 9.36. The molecule has 3 aromatic carbocycles. The predicted molar refractivity (Wildman–Crippen MR) is 109 cm³/mol. The highest BCUT2D eigenvalue weighted by atomic mass is 19.4. The van der Waals surface area contributed by atoms with Crippen molar-refractivity contribution in [2.75, 3.05) is 5.32 Å². The van der Waals surface area contributed by atoms with E-state index < -0.39 is 40.6 Å². The molecule has 0 radical (unpaired) electrons. The molecule has 1 heterocycles. The molecule has 0 atom stereocenters. The molecule has 5 nitrogen and oxygen atoms in total. The molecule has 10 heteroatoms. The van der Waals surface area contributed by atoms with E-state index in [2.05, 4.69) is 15.3 Å². The molecule has 0 unspecified atom stereocenters. The molecular weight excluding hydrogens is 445 g/mol. The average molecular weight is 457 g/mol. The lowest BCUT2D eigenvalue weighted by Gasteiger charge is -2.11. The van der Waals surface area contributed by atoms with Crippen LogP contribution in [0.1, 0.15) is 31.8 Å². The maximum atomic E-state index is 14.4. The summed E-state index contributed by atoms with van der Waals surface area (Å²) in [6.07, 6.45) is -2.07. The van der Waals surface area contributed by atoms with E-state index >= 15 is 0 Å². The molecule has 166 valence electrons. The summed E-state index contributed by atoms with van der Waals surface area (Å²) < 4.78 is 66.6. The first-order valence-corrected chi connectivity index (χ1v) is 9.36. The number of hydrogen-bond acceptors (Lipinski definition) is 4. The Morgan fingerprint density at radius 2 is 1.42 bits per heavy atom. The van der Waals surface area contributed by atoms with Crippen LogP contribution in [-0.4, -0.2) is 21.7 Å². The summed E-state index contributed by atoms with van der Waals surface area (Å²) in [7, 11) is 0. The Balaban J connectivity index is 1.62. The molecule has 33 heavy (non-hydrogen) atoms. The summed E-state index contributed by atoms with van der Waals surface area (Å²) in [5.74, 6) is -4.07. The summed E-state index contributed by atoms with van der Waals surface area (Å²) in [4.78, 5) is 33.4. The van der Waals surface area contributed by atoms with E-state index in [-0.39, 0.29) is 16.8 Å². The Hall–Kier alpha value is -4.21. The molecular formula is C23H12F5N3O2. The van der Waals surface area contributed by atoms with Gasteiger partial charge in [0.05, 0.1) is 22.2 Å². The number of benzene rings is 3. The van der Waals surface area contributed by atoms with Gasteiger partial charge in [0, 0.05) is 29.2 Å². The van der Waals surface area contributed by atoms with Crippen molar-refractivity contribution < 1.29 is 31.5 Å². The summed E-state index contributed by atoms with van der Waals surface area (Å²) in [6.45, 7) is 0. The average Bonchev–Trinajstić information content (AvgIpc) is 2.79. The standard InChI is InChI=1S/C23H12F5N3O2/c24-17-5-3-14(31-22(33)13-1-4-18(25)16(9-13)23(26,27)28)11-15(17)21(32)12-2-6-19-20(10-12)30-8-7-29-19/h1-11H,(H,31,33). The van der Waals surface area contributed by atoms with Crippen molar-refractivity contribution in [2.24, 2.45) is 0 Å². The number of aromatic nitrogens is 2. The van der Waals surface area contributed by atoms with E-state index in [1.165, 1.54) is 24.5 Å². The smallest absolute Gasteiger partial charge is 0.322 e. The van der Waals surface area contributed by atoms with Gasteiger partial charge in [-0.25, -0.2) is 8.78 Å². The Labute approximate surface area is 182 Å². The fourth-order valence-electron chi connectivity index (χ4n) is 3.12. The van der Waals surface area contributed by atoms with Crippen molar-refractivity contribution in [3.63, 3.8) is 0 Å². The van der Waals surface area contributed by atoms with Gasteiger partial charge in [-0.3, -0.25) is 19.6 Å². The van der Waals surface area contributed by atoms with Crippen LogP contribution in [0.25, 0.3) is 11.0 Å². The van der Waals surface area contributed by atoms with E-state index in [1.54, 1.807) is 6.07 Å². The highest BCUT2D eigenvalue weighted by molar-refractivity contribution is 6.11. The normalized spacial score (nSPS) is 11.4. The number of anilines is 1. The van der Waals surface area contributed by atoms with Gasteiger partial charge < -0.3 is 5.32 Å². The van der Waals surface area contributed by atoms with Gasteiger partial charge in [-0.1, -0.05) is 0 Å². The molecule has 0 aliphatic carbocycles. The first-order chi connectivity index (χ1) is 15.6. The number of nitrogens with zero attached hydrogens (tertiary/aromatic N) is 2. The SMILES string of the molecule is O=C(Nc1ccc(F)c(C(=O)c2ccc3nccnc3c2)c1)c1ccc(F)c(C(F)(F)F)c1. The van der Waals surface area contributed by atoms with E-state index in [0.717, 1.165) is 24.3 Å². The predicted octanol–water partition coefficient (Wildman–Crippen LogP) is 5.41. The van der Waals surface area contributed by atoms with Crippen LogP contribution in [-0.2, 0) is 6.18 Å². The van der Waals surface area contributed by atoms with Gasteiger partial charge in [-0.05, 0) is 54.6 Å². The van der Waals surface area contributed by atoms with Crippen LogP contribution in [0.15, 0.2) is 67.0 Å². The number of alkyl halides is 3. The molecule has 1 aromatic heterocycles. The Morgan fingerprint density at radius 3 is 2.15 bits per heavy atom. The second-order valence-electron chi connectivity index (χ2n) is 6.93. The number of fused-ring (bicyclic) bond motifs is 1. The fourth-order valence-corrected chi connectivity index (χ4v) is 3.12. The number of halogens is 5. The van der Waals surface area contributed by atoms with Crippen LogP contribution in [0, 0.1) is 11.6 Å². The second kappa shape index (κ2) is 8.38. The summed E-state index contributed by atoms with van der Waals surface area (Å²) in [5, 5.41) is 2.29. The molecule has 4 aromatic rings. The minimum Gasteiger partial charge on any atom is -0.322 e. The number of carbonyl (C=O) groups is 2. The second-order valence-corrected chi connectivity index (χ2v) is 6.93. The first kappa shape index (κ1) is 22.0.